The van der Waals surface area contributed by atoms with Crippen LogP contribution in [0.2, 0.25) is 0 Å². The van der Waals surface area contributed by atoms with Gasteiger partial charge in [-0.2, -0.15) is 5.26 Å². The fourth-order valence-corrected chi connectivity index (χ4v) is 3.99. The van der Waals surface area contributed by atoms with Crippen molar-refractivity contribution in [1.29, 1.82) is 5.26 Å². The number of nitriles is 1. The normalized spacial score (nSPS) is 18.4. The molecule has 3 N–H and O–H groups in total. The summed E-state index contributed by atoms with van der Waals surface area (Å²) in [6.45, 7) is 6.40. The predicted octanol–water partition coefficient (Wildman–Crippen LogP) is 3.17. The standard InChI is InChI=1S/C25H31N5O2/c1-25(2,3)30-20-12-10-19(11-13-20)28-23(31)16-27-24(32)22-9-5-8-21(29-22)18-7-4-6-17(14-18)15-26/h4-9,14,19-20,30H,10-13,16H2,1-3H3,(H,27,32)(H,28,31)/t19-,20-. The van der Waals surface area contributed by atoms with E-state index in [2.05, 4.69) is 47.8 Å². The lowest BCUT2D eigenvalue weighted by atomic mass is 9.89. The Morgan fingerprint density at radius 2 is 1.75 bits per heavy atom. The lowest BCUT2D eigenvalue weighted by molar-refractivity contribution is -0.121. The summed E-state index contributed by atoms with van der Waals surface area (Å²) in [5.41, 5.74) is 2.20. The number of carbonyl (C=O) groups excluding carboxylic acids is 2. The Morgan fingerprint density at radius 1 is 1.06 bits per heavy atom. The third kappa shape index (κ3) is 6.89. The van der Waals surface area contributed by atoms with Gasteiger partial charge in [0.15, 0.2) is 0 Å². The molecule has 32 heavy (non-hydrogen) atoms. The van der Waals surface area contributed by atoms with Crippen molar-refractivity contribution in [3.05, 3.63) is 53.7 Å². The van der Waals surface area contributed by atoms with Crippen LogP contribution >= 0.6 is 0 Å². The Morgan fingerprint density at radius 3 is 2.44 bits per heavy atom. The fourth-order valence-electron chi connectivity index (χ4n) is 3.99. The topological polar surface area (TPSA) is 107 Å². The minimum Gasteiger partial charge on any atom is -0.352 e. The van der Waals surface area contributed by atoms with Gasteiger partial charge in [0.25, 0.3) is 5.91 Å². The highest BCUT2D eigenvalue weighted by molar-refractivity contribution is 5.95. The average Bonchev–Trinajstić information content (AvgIpc) is 2.78. The summed E-state index contributed by atoms with van der Waals surface area (Å²) in [4.78, 5) is 29.2. The number of nitrogens with zero attached hydrogens (tertiary/aromatic N) is 2. The van der Waals surface area contributed by atoms with Gasteiger partial charge in [-0.15, -0.1) is 0 Å². The molecule has 0 saturated heterocycles. The SMILES string of the molecule is CC(C)(C)N[C@H]1CC[C@H](NC(=O)CNC(=O)c2cccc(-c3cccc(C#N)c3)n2)CC1. The van der Waals surface area contributed by atoms with Crippen LogP contribution in [-0.2, 0) is 4.79 Å². The predicted molar refractivity (Wildman–Crippen MR) is 124 cm³/mol. The molecule has 1 saturated carbocycles. The highest BCUT2D eigenvalue weighted by atomic mass is 16.2. The van der Waals surface area contributed by atoms with Crippen LogP contribution in [0.5, 0.6) is 0 Å². The monoisotopic (exact) mass is 433 g/mol. The largest absolute Gasteiger partial charge is 0.352 e. The van der Waals surface area contributed by atoms with Crippen LogP contribution in [0.15, 0.2) is 42.5 Å². The van der Waals surface area contributed by atoms with Crippen LogP contribution in [0.25, 0.3) is 11.3 Å². The lowest BCUT2D eigenvalue weighted by Crippen LogP contribution is -2.49. The first-order valence-electron chi connectivity index (χ1n) is 11.1. The molecule has 0 atom stereocenters. The zero-order valence-electron chi connectivity index (χ0n) is 18.9. The number of amides is 2. The van der Waals surface area contributed by atoms with Crippen molar-refractivity contribution in [2.45, 2.75) is 64.1 Å². The molecular weight excluding hydrogens is 402 g/mol. The summed E-state index contributed by atoms with van der Waals surface area (Å²) in [6, 6.07) is 14.9. The van der Waals surface area contributed by atoms with Crippen molar-refractivity contribution in [1.82, 2.24) is 20.9 Å². The Labute approximate surface area is 189 Å². The van der Waals surface area contributed by atoms with Gasteiger partial charge in [0, 0.05) is 23.2 Å². The summed E-state index contributed by atoms with van der Waals surface area (Å²) in [5, 5.41) is 18.4. The number of pyridine rings is 1. The van der Waals surface area contributed by atoms with Gasteiger partial charge in [-0.05, 0) is 70.7 Å². The molecule has 1 aromatic heterocycles. The fraction of sp³-hybridized carbons (Fsp3) is 0.440. The number of aromatic nitrogens is 1. The minimum atomic E-state index is -0.406. The second-order valence-electron chi connectivity index (χ2n) is 9.29. The first-order chi connectivity index (χ1) is 15.2. The number of benzene rings is 1. The number of hydrogen-bond donors (Lipinski definition) is 3. The zero-order chi connectivity index (χ0) is 23.1. The molecule has 168 valence electrons. The van der Waals surface area contributed by atoms with Gasteiger partial charge < -0.3 is 16.0 Å². The van der Waals surface area contributed by atoms with Crippen LogP contribution in [0, 0.1) is 11.3 Å². The quantitative estimate of drug-likeness (QED) is 0.649. The summed E-state index contributed by atoms with van der Waals surface area (Å²) >= 11 is 0. The Kier molecular flexibility index (Phi) is 7.60. The van der Waals surface area contributed by atoms with Crippen molar-refractivity contribution >= 4 is 11.8 Å². The maximum absolute atomic E-state index is 12.5. The van der Waals surface area contributed by atoms with Gasteiger partial charge in [0.2, 0.25) is 5.91 Å². The maximum atomic E-state index is 12.5. The highest BCUT2D eigenvalue weighted by Crippen LogP contribution is 2.21. The summed E-state index contributed by atoms with van der Waals surface area (Å²) in [7, 11) is 0. The second kappa shape index (κ2) is 10.4. The van der Waals surface area contributed by atoms with Gasteiger partial charge in [-0.25, -0.2) is 4.98 Å². The Hall–Kier alpha value is -3.24. The third-order valence-electron chi connectivity index (χ3n) is 5.41. The number of nitrogens with one attached hydrogen (secondary N) is 3. The van der Waals surface area contributed by atoms with Crippen LogP contribution in [0.3, 0.4) is 0 Å². The minimum absolute atomic E-state index is 0.0885. The second-order valence-corrected chi connectivity index (χ2v) is 9.29. The van der Waals surface area contributed by atoms with Crippen LogP contribution in [0.4, 0.5) is 0 Å². The average molecular weight is 434 g/mol. The van der Waals surface area contributed by atoms with Gasteiger partial charge in [0.1, 0.15) is 5.69 Å². The molecule has 0 bridgehead atoms. The van der Waals surface area contributed by atoms with Crippen molar-refractivity contribution in [2.75, 3.05) is 6.54 Å². The number of rotatable bonds is 6. The molecule has 0 spiro atoms. The summed E-state index contributed by atoms with van der Waals surface area (Å²) in [5.74, 6) is -0.597. The highest BCUT2D eigenvalue weighted by Gasteiger charge is 2.25. The van der Waals surface area contributed by atoms with Gasteiger partial charge in [0.05, 0.1) is 23.9 Å². The molecule has 0 radical (unpaired) electrons. The molecule has 1 aliphatic carbocycles. The molecule has 0 aliphatic heterocycles. The van der Waals surface area contributed by atoms with E-state index in [1.807, 2.05) is 6.07 Å². The molecule has 1 heterocycles. The van der Waals surface area contributed by atoms with Crippen molar-refractivity contribution in [2.24, 2.45) is 0 Å². The van der Waals surface area contributed by atoms with Gasteiger partial charge >= 0.3 is 0 Å². The van der Waals surface area contributed by atoms with Crippen molar-refractivity contribution < 1.29 is 9.59 Å². The summed E-state index contributed by atoms with van der Waals surface area (Å²) in [6.07, 6.45) is 3.91. The molecule has 2 amide bonds. The molecule has 2 aromatic rings. The first kappa shape index (κ1) is 23.4. The van der Waals surface area contributed by atoms with E-state index in [-0.39, 0.29) is 29.7 Å². The number of carbonyl (C=O) groups is 2. The van der Waals surface area contributed by atoms with Crippen LogP contribution in [0.1, 0.15) is 62.5 Å². The molecule has 1 fully saturated rings. The molecular formula is C25H31N5O2. The smallest absolute Gasteiger partial charge is 0.270 e. The van der Waals surface area contributed by atoms with E-state index in [0.29, 0.717) is 17.3 Å². The summed E-state index contributed by atoms with van der Waals surface area (Å²) < 4.78 is 0. The van der Waals surface area contributed by atoms with E-state index < -0.39 is 5.91 Å². The van der Waals surface area contributed by atoms with E-state index in [1.54, 1.807) is 36.4 Å². The van der Waals surface area contributed by atoms with Gasteiger partial charge in [-0.3, -0.25) is 9.59 Å². The molecule has 7 nitrogen and oxygen atoms in total. The van der Waals surface area contributed by atoms with E-state index >= 15 is 0 Å². The van der Waals surface area contributed by atoms with E-state index in [0.717, 1.165) is 31.2 Å². The first-order valence-corrected chi connectivity index (χ1v) is 11.1. The van der Waals surface area contributed by atoms with Crippen LogP contribution < -0.4 is 16.0 Å². The van der Waals surface area contributed by atoms with E-state index in [1.165, 1.54) is 0 Å². The lowest BCUT2D eigenvalue weighted by Gasteiger charge is -2.34. The Bertz CT molecular complexity index is 998. The van der Waals surface area contributed by atoms with E-state index in [9.17, 15) is 9.59 Å². The third-order valence-corrected chi connectivity index (χ3v) is 5.41. The maximum Gasteiger partial charge on any atom is 0.270 e. The molecule has 7 heteroatoms. The van der Waals surface area contributed by atoms with Crippen molar-refractivity contribution in [3.8, 4) is 17.3 Å². The molecule has 1 aliphatic rings. The van der Waals surface area contributed by atoms with Crippen molar-refractivity contribution in [3.63, 3.8) is 0 Å². The Balaban J connectivity index is 1.49. The van der Waals surface area contributed by atoms with Gasteiger partial charge in [-0.1, -0.05) is 18.2 Å². The molecule has 0 unspecified atom stereocenters. The van der Waals surface area contributed by atoms with E-state index in [4.69, 9.17) is 5.26 Å². The zero-order valence-corrected chi connectivity index (χ0v) is 18.9. The molecule has 1 aromatic carbocycles. The van der Waals surface area contributed by atoms with Crippen LogP contribution in [-0.4, -0.2) is 41.0 Å². The number of hydrogen-bond acceptors (Lipinski definition) is 5. The molecule has 3 rings (SSSR count).